The van der Waals surface area contributed by atoms with Gasteiger partial charge in [0.1, 0.15) is 5.69 Å². The Labute approximate surface area is 115 Å². The van der Waals surface area contributed by atoms with Crippen LogP contribution in [0.4, 0.5) is 14.5 Å². The second-order valence-corrected chi connectivity index (χ2v) is 4.97. The van der Waals surface area contributed by atoms with Crippen LogP contribution in [0.5, 0.6) is 0 Å². The smallest absolute Gasteiger partial charge is 0.306 e. The first-order chi connectivity index (χ1) is 9.51. The van der Waals surface area contributed by atoms with Gasteiger partial charge in [-0.2, -0.15) is 5.26 Å². The zero-order valence-electron chi connectivity index (χ0n) is 10.7. The van der Waals surface area contributed by atoms with Gasteiger partial charge in [-0.25, -0.2) is 8.78 Å². The fourth-order valence-corrected chi connectivity index (χ4v) is 2.52. The van der Waals surface area contributed by atoms with Gasteiger partial charge in [-0.15, -0.1) is 0 Å². The third-order valence-electron chi connectivity index (χ3n) is 3.54. The molecule has 2 unspecified atom stereocenters. The average molecular weight is 280 g/mol. The fraction of sp³-hybridized carbons (Fsp3) is 0.429. The molecule has 0 aromatic heterocycles. The number of benzene rings is 1. The molecule has 2 N–H and O–H groups in total. The molecule has 0 heterocycles. The van der Waals surface area contributed by atoms with Crippen LogP contribution in [0, 0.1) is 28.9 Å². The maximum absolute atomic E-state index is 13.7. The second-order valence-electron chi connectivity index (χ2n) is 4.97. The highest BCUT2D eigenvalue weighted by molar-refractivity contribution is 5.70. The van der Waals surface area contributed by atoms with Crippen LogP contribution >= 0.6 is 0 Å². The summed E-state index contributed by atoms with van der Waals surface area (Å²) < 4.78 is 27.5. The number of hydrogen-bond donors (Lipinski definition) is 2. The molecule has 0 saturated heterocycles. The number of anilines is 1. The van der Waals surface area contributed by atoms with E-state index in [-0.39, 0.29) is 17.3 Å². The Morgan fingerprint density at radius 3 is 2.55 bits per heavy atom. The van der Waals surface area contributed by atoms with Crippen LogP contribution in [0.2, 0.25) is 0 Å². The number of carbonyl (C=O) groups is 1. The summed E-state index contributed by atoms with van der Waals surface area (Å²) in [4.78, 5) is 11.0. The van der Waals surface area contributed by atoms with Gasteiger partial charge in [-0.1, -0.05) is 6.42 Å². The summed E-state index contributed by atoms with van der Waals surface area (Å²) in [6, 6.07) is 3.32. The molecule has 1 aromatic rings. The average Bonchev–Trinajstić information content (AvgIpc) is 2.42. The third kappa shape index (κ3) is 3.05. The zero-order valence-corrected chi connectivity index (χ0v) is 10.7. The van der Waals surface area contributed by atoms with Crippen LogP contribution in [-0.4, -0.2) is 17.1 Å². The molecule has 106 valence electrons. The number of carboxylic acid groups (broad SMARTS) is 1. The lowest BCUT2D eigenvalue weighted by atomic mass is 9.85. The van der Waals surface area contributed by atoms with Crippen molar-refractivity contribution in [3.05, 3.63) is 29.3 Å². The number of carboxylic acids is 1. The molecular formula is C14H14F2N2O2. The van der Waals surface area contributed by atoms with E-state index in [0.29, 0.717) is 25.7 Å². The Kier molecular flexibility index (Phi) is 4.18. The van der Waals surface area contributed by atoms with E-state index in [1.165, 1.54) is 0 Å². The Balaban J connectivity index is 2.14. The number of halogens is 2. The Morgan fingerprint density at radius 2 is 2.00 bits per heavy atom. The first-order valence-electron chi connectivity index (χ1n) is 6.39. The molecule has 0 aliphatic heterocycles. The van der Waals surface area contributed by atoms with E-state index in [1.807, 2.05) is 0 Å². The van der Waals surface area contributed by atoms with Gasteiger partial charge in [0, 0.05) is 6.04 Å². The summed E-state index contributed by atoms with van der Waals surface area (Å²) in [5.41, 5.74) is -0.377. The van der Waals surface area contributed by atoms with Gasteiger partial charge >= 0.3 is 5.97 Å². The summed E-state index contributed by atoms with van der Waals surface area (Å²) in [5.74, 6) is -3.03. The molecule has 20 heavy (non-hydrogen) atoms. The van der Waals surface area contributed by atoms with Crippen molar-refractivity contribution in [2.75, 3.05) is 5.32 Å². The van der Waals surface area contributed by atoms with E-state index in [2.05, 4.69) is 5.32 Å². The number of nitrogens with zero attached hydrogens (tertiary/aromatic N) is 1. The van der Waals surface area contributed by atoms with Gasteiger partial charge in [0.15, 0.2) is 11.6 Å². The lowest BCUT2D eigenvalue weighted by Gasteiger charge is -2.28. The molecule has 0 radical (unpaired) electrons. The van der Waals surface area contributed by atoms with Crippen LogP contribution in [-0.2, 0) is 4.79 Å². The molecule has 2 atom stereocenters. The summed E-state index contributed by atoms with van der Waals surface area (Å²) in [6.45, 7) is 0. The van der Waals surface area contributed by atoms with Crippen molar-refractivity contribution in [2.24, 2.45) is 5.92 Å². The van der Waals surface area contributed by atoms with Crippen molar-refractivity contribution in [1.29, 1.82) is 5.26 Å². The van der Waals surface area contributed by atoms with Gasteiger partial charge in [0.25, 0.3) is 0 Å². The molecule has 6 heteroatoms. The number of nitrogens with one attached hydrogen (secondary N) is 1. The molecule has 1 aliphatic rings. The van der Waals surface area contributed by atoms with Crippen LogP contribution in [0.25, 0.3) is 0 Å². The van der Waals surface area contributed by atoms with Crippen molar-refractivity contribution in [3.8, 4) is 6.07 Å². The van der Waals surface area contributed by atoms with Crippen LogP contribution in [0.15, 0.2) is 12.1 Å². The molecule has 0 bridgehead atoms. The molecule has 0 spiro atoms. The Morgan fingerprint density at radius 1 is 1.35 bits per heavy atom. The number of rotatable bonds is 3. The Hall–Kier alpha value is -2.16. The van der Waals surface area contributed by atoms with Crippen LogP contribution in [0.3, 0.4) is 0 Å². The summed E-state index contributed by atoms with van der Waals surface area (Å²) in [7, 11) is 0. The maximum atomic E-state index is 13.7. The van der Waals surface area contributed by atoms with E-state index < -0.39 is 23.5 Å². The zero-order chi connectivity index (χ0) is 14.7. The molecular weight excluding hydrogens is 266 g/mol. The highest BCUT2D eigenvalue weighted by Crippen LogP contribution is 2.29. The maximum Gasteiger partial charge on any atom is 0.306 e. The lowest BCUT2D eigenvalue weighted by molar-refractivity contribution is -0.142. The van der Waals surface area contributed by atoms with E-state index in [9.17, 15) is 13.6 Å². The lowest BCUT2D eigenvalue weighted by Crippen LogP contribution is -2.31. The standard InChI is InChI=1S/C14H14F2N2O2/c15-11-4-8(7-17)5-12(16)13(11)18-10-3-1-2-9(6-10)14(19)20/h4-5,9-10,18H,1-3,6H2,(H,19,20). The molecule has 1 aromatic carbocycles. The van der Waals surface area contributed by atoms with Crippen LogP contribution in [0.1, 0.15) is 31.2 Å². The molecule has 4 nitrogen and oxygen atoms in total. The normalized spacial score (nSPS) is 22.1. The minimum atomic E-state index is -0.878. The third-order valence-corrected chi connectivity index (χ3v) is 3.54. The largest absolute Gasteiger partial charge is 0.481 e. The van der Waals surface area contributed by atoms with E-state index >= 15 is 0 Å². The van der Waals surface area contributed by atoms with Gasteiger partial charge < -0.3 is 10.4 Å². The van der Waals surface area contributed by atoms with Gasteiger partial charge in [-0.05, 0) is 31.4 Å². The summed E-state index contributed by atoms with van der Waals surface area (Å²) in [6.07, 6.45) is 2.30. The van der Waals surface area contributed by atoms with Crippen molar-refractivity contribution in [1.82, 2.24) is 0 Å². The topological polar surface area (TPSA) is 73.1 Å². The predicted molar refractivity (Wildman–Crippen MR) is 68.1 cm³/mol. The van der Waals surface area contributed by atoms with E-state index in [4.69, 9.17) is 10.4 Å². The molecule has 1 saturated carbocycles. The molecule has 1 fully saturated rings. The van der Waals surface area contributed by atoms with Crippen molar-refractivity contribution in [3.63, 3.8) is 0 Å². The van der Waals surface area contributed by atoms with E-state index in [1.54, 1.807) is 6.07 Å². The van der Waals surface area contributed by atoms with E-state index in [0.717, 1.165) is 12.1 Å². The monoisotopic (exact) mass is 280 g/mol. The first kappa shape index (κ1) is 14.3. The second kappa shape index (κ2) is 5.87. The number of hydrogen-bond acceptors (Lipinski definition) is 3. The Bertz CT molecular complexity index is 546. The minimum absolute atomic E-state index is 0.0855. The predicted octanol–water partition coefficient (Wildman–Crippen LogP) is 2.89. The highest BCUT2D eigenvalue weighted by Gasteiger charge is 2.28. The molecule has 1 aliphatic carbocycles. The first-order valence-corrected chi connectivity index (χ1v) is 6.39. The quantitative estimate of drug-likeness (QED) is 0.892. The summed E-state index contributed by atoms with van der Waals surface area (Å²) >= 11 is 0. The minimum Gasteiger partial charge on any atom is -0.481 e. The summed E-state index contributed by atoms with van der Waals surface area (Å²) in [5, 5.41) is 20.3. The van der Waals surface area contributed by atoms with Crippen molar-refractivity contribution >= 4 is 11.7 Å². The van der Waals surface area contributed by atoms with Crippen LogP contribution < -0.4 is 5.32 Å². The number of aliphatic carboxylic acids is 1. The van der Waals surface area contributed by atoms with Gasteiger partial charge in [0.05, 0.1) is 17.6 Å². The van der Waals surface area contributed by atoms with Gasteiger partial charge in [-0.3, -0.25) is 4.79 Å². The fourth-order valence-electron chi connectivity index (χ4n) is 2.52. The molecule has 0 amide bonds. The van der Waals surface area contributed by atoms with Crippen molar-refractivity contribution < 1.29 is 18.7 Å². The highest BCUT2D eigenvalue weighted by atomic mass is 19.1. The van der Waals surface area contributed by atoms with Gasteiger partial charge in [0.2, 0.25) is 0 Å². The number of nitriles is 1. The SMILES string of the molecule is N#Cc1cc(F)c(NC2CCCC(C(=O)O)C2)c(F)c1. The van der Waals surface area contributed by atoms with Crippen molar-refractivity contribution in [2.45, 2.75) is 31.7 Å². The molecule has 2 rings (SSSR count).